The van der Waals surface area contributed by atoms with Gasteiger partial charge in [0.05, 0.1) is 0 Å². The predicted molar refractivity (Wildman–Crippen MR) is 55.9 cm³/mol. The third-order valence-electron chi connectivity index (χ3n) is 3.15. The van der Waals surface area contributed by atoms with Crippen molar-refractivity contribution in [2.24, 2.45) is 5.92 Å². The highest BCUT2D eigenvalue weighted by Crippen LogP contribution is 2.42. The Morgan fingerprint density at radius 2 is 2.13 bits per heavy atom. The molecule has 0 spiro atoms. The van der Waals surface area contributed by atoms with E-state index in [-0.39, 0.29) is 5.92 Å². The van der Waals surface area contributed by atoms with Crippen LogP contribution >= 0.6 is 11.3 Å². The maximum atomic E-state index is 11.2. The fraction of sp³-hybridized carbons (Fsp3) is 0.545. The van der Waals surface area contributed by atoms with Crippen molar-refractivity contribution in [2.45, 2.75) is 31.3 Å². The molecule has 1 aliphatic carbocycles. The van der Waals surface area contributed by atoms with Crippen LogP contribution in [0.1, 0.15) is 30.6 Å². The summed E-state index contributed by atoms with van der Waals surface area (Å²) in [6, 6.07) is 3.42. The molecule has 1 atom stereocenters. The molecule has 2 rings (SSSR count). The van der Waals surface area contributed by atoms with Crippen molar-refractivity contribution in [1.82, 2.24) is 0 Å². The van der Waals surface area contributed by atoms with E-state index in [1.807, 2.05) is 0 Å². The van der Waals surface area contributed by atoms with Gasteiger partial charge in [-0.15, -0.1) is 11.3 Å². The van der Waals surface area contributed by atoms with Crippen molar-refractivity contribution >= 4 is 17.3 Å². The number of carbonyl (C=O) groups is 1. The van der Waals surface area contributed by atoms with Gasteiger partial charge in [0.15, 0.2) is 0 Å². The van der Waals surface area contributed by atoms with E-state index in [9.17, 15) is 15.0 Å². The Balaban J connectivity index is 2.35. The Kier molecular flexibility index (Phi) is 2.80. The Morgan fingerprint density at radius 1 is 1.47 bits per heavy atom. The minimum absolute atomic E-state index is 0.193. The molecule has 1 heterocycles. The minimum atomic E-state index is -1.77. The molecule has 0 bridgehead atoms. The SMILES string of the molecule is [O]C(=O)[C@@](O)(c1cccs1)C1CCCC1. The topological polar surface area (TPSA) is 57.2 Å². The molecule has 3 nitrogen and oxygen atoms in total. The maximum Gasteiger partial charge on any atom is 0.392 e. The van der Waals surface area contributed by atoms with Crippen LogP contribution in [0.5, 0.6) is 0 Å². The molecule has 81 valence electrons. The van der Waals surface area contributed by atoms with E-state index in [0.29, 0.717) is 4.88 Å². The largest absolute Gasteiger partial charge is 0.392 e. The summed E-state index contributed by atoms with van der Waals surface area (Å²) in [7, 11) is 0. The first kappa shape index (κ1) is 10.6. The predicted octanol–water partition coefficient (Wildman–Crippen LogP) is 2.08. The zero-order chi connectivity index (χ0) is 10.9. The Labute approximate surface area is 92.4 Å². The lowest BCUT2D eigenvalue weighted by Gasteiger charge is -2.27. The van der Waals surface area contributed by atoms with Gasteiger partial charge in [0.1, 0.15) is 0 Å². The van der Waals surface area contributed by atoms with Crippen LogP contribution in [0.2, 0.25) is 0 Å². The van der Waals surface area contributed by atoms with Crippen LogP contribution in [0.25, 0.3) is 0 Å². The summed E-state index contributed by atoms with van der Waals surface area (Å²) in [6.07, 6.45) is 3.52. The zero-order valence-electron chi connectivity index (χ0n) is 8.31. The quantitative estimate of drug-likeness (QED) is 0.856. The average molecular weight is 225 g/mol. The Bertz CT molecular complexity index is 341. The monoisotopic (exact) mass is 225 g/mol. The highest BCUT2D eigenvalue weighted by Gasteiger charge is 2.48. The molecule has 4 heteroatoms. The molecule has 15 heavy (non-hydrogen) atoms. The third kappa shape index (κ3) is 1.68. The molecule has 1 fully saturated rings. The number of thiophene rings is 1. The molecular formula is C11H13O3S. The van der Waals surface area contributed by atoms with Gasteiger partial charge in [-0.3, -0.25) is 0 Å². The van der Waals surface area contributed by atoms with E-state index in [0.717, 1.165) is 25.7 Å². The van der Waals surface area contributed by atoms with Crippen molar-refractivity contribution in [3.05, 3.63) is 22.4 Å². The fourth-order valence-corrected chi connectivity index (χ4v) is 3.20. The minimum Gasteiger partial charge on any atom is -0.373 e. The van der Waals surface area contributed by atoms with Crippen molar-refractivity contribution in [1.29, 1.82) is 0 Å². The Morgan fingerprint density at radius 3 is 2.60 bits per heavy atom. The molecular weight excluding hydrogens is 212 g/mol. The van der Waals surface area contributed by atoms with E-state index < -0.39 is 11.6 Å². The van der Waals surface area contributed by atoms with Gasteiger partial charge in [-0.2, -0.15) is 0 Å². The highest BCUT2D eigenvalue weighted by atomic mass is 32.1. The second-order valence-electron chi connectivity index (χ2n) is 4.01. The molecule has 0 aliphatic heterocycles. The second-order valence-corrected chi connectivity index (χ2v) is 4.96. The number of rotatable bonds is 3. The summed E-state index contributed by atoms with van der Waals surface area (Å²) in [5.74, 6) is -1.56. The first-order valence-corrected chi connectivity index (χ1v) is 6.01. The maximum absolute atomic E-state index is 11.2. The zero-order valence-corrected chi connectivity index (χ0v) is 9.13. The van der Waals surface area contributed by atoms with Gasteiger partial charge in [0, 0.05) is 10.8 Å². The highest BCUT2D eigenvalue weighted by molar-refractivity contribution is 7.10. The van der Waals surface area contributed by atoms with Crippen LogP contribution in [0.4, 0.5) is 0 Å². The fourth-order valence-electron chi connectivity index (χ4n) is 2.31. The summed E-state index contributed by atoms with van der Waals surface area (Å²) in [5, 5.41) is 23.2. The molecule has 1 aromatic rings. The van der Waals surface area contributed by atoms with Gasteiger partial charge in [0.25, 0.3) is 0 Å². The molecule has 1 radical (unpaired) electrons. The lowest BCUT2D eigenvalue weighted by molar-refractivity contribution is -0.173. The molecule has 1 N–H and O–H groups in total. The molecule has 1 aliphatic rings. The van der Waals surface area contributed by atoms with Gasteiger partial charge >= 0.3 is 5.97 Å². The van der Waals surface area contributed by atoms with E-state index in [4.69, 9.17) is 0 Å². The van der Waals surface area contributed by atoms with Crippen LogP contribution < -0.4 is 0 Å². The van der Waals surface area contributed by atoms with Crippen molar-refractivity contribution < 1.29 is 15.0 Å². The summed E-state index contributed by atoms with van der Waals surface area (Å²) < 4.78 is 0. The summed E-state index contributed by atoms with van der Waals surface area (Å²) in [5.41, 5.74) is -1.77. The lowest BCUT2D eigenvalue weighted by Crippen LogP contribution is -2.40. The molecule has 1 saturated carbocycles. The third-order valence-corrected chi connectivity index (χ3v) is 4.15. The first-order chi connectivity index (χ1) is 7.15. The summed E-state index contributed by atoms with van der Waals surface area (Å²) in [4.78, 5) is 11.6. The molecule has 1 aromatic heterocycles. The lowest BCUT2D eigenvalue weighted by atomic mass is 9.85. The van der Waals surface area contributed by atoms with Crippen molar-refractivity contribution in [3.8, 4) is 0 Å². The summed E-state index contributed by atoms with van der Waals surface area (Å²) >= 11 is 1.27. The first-order valence-electron chi connectivity index (χ1n) is 5.13. The Hall–Kier alpha value is -0.870. The van der Waals surface area contributed by atoms with Crippen LogP contribution in [-0.4, -0.2) is 11.1 Å². The standard InChI is InChI=1S/C11H13O3S/c12-10(13)11(14,8-4-1-2-5-8)9-6-3-7-15-9/h3,6-8,14H,1-2,4-5H2/t11-/m0/s1. The van der Waals surface area contributed by atoms with Crippen molar-refractivity contribution in [2.75, 3.05) is 0 Å². The molecule has 0 unspecified atom stereocenters. The summed E-state index contributed by atoms with van der Waals surface area (Å²) in [6.45, 7) is 0. The number of carbonyl (C=O) groups excluding carboxylic acids is 1. The van der Waals surface area contributed by atoms with E-state index in [2.05, 4.69) is 0 Å². The average Bonchev–Trinajstić information content (AvgIpc) is 2.89. The van der Waals surface area contributed by atoms with Crippen LogP contribution in [0.15, 0.2) is 17.5 Å². The van der Waals surface area contributed by atoms with E-state index >= 15 is 0 Å². The molecule has 0 saturated heterocycles. The number of hydrogen-bond donors (Lipinski definition) is 1. The van der Waals surface area contributed by atoms with E-state index in [1.165, 1.54) is 11.3 Å². The molecule has 0 aromatic carbocycles. The van der Waals surface area contributed by atoms with Crippen LogP contribution in [0.3, 0.4) is 0 Å². The van der Waals surface area contributed by atoms with Crippen LogP contribution in [0, 0.1) is 5.92 Å². The number of hydrogen-bond acceptors (Lipinski definition) is 3. The van der Waals surface area contributed by atoms with Crippen LogP contribution in [-0.2, 0) is 15.5 Å². The number of aliphatic hydroxyl groups is 1. The van der Waals surface area contributed by atoms with Gasteiger partial charge in [0.2, 0.25) is 5.60 Å². The van der Waals surface area contributed by atoms with Gasteiger partial charge in [-0.05, 0) is 24.3 Å². The van der Waals surface area contributed by atoms with Crippen molar-refractivity contribution in [3.63, 3.8) is 0 Å². The van der Waals surface area contributed by atoms with Gasteiger partial charge in [-0.25, -0.2) is 9.90 Å². The van der Waals surface area contributed by atoms with Gasteiger partial charge < -0.3 is 5.11 Å². The second kappa shape index (κ2) is 3.94. The molecule has 0 amide bonds. The normalized spacial score (nSPS) is 21.4. The smallest absolute Gasteiger partial charge is 0.373 e. The van der Waals surface area contributed by atoms with E-state index in [1.54, 1.807) is 17.5 Å². The van der Waals surface area contributed by atoms with Gasteiger partial charge in [-0.1, -0.05) is 18.9 Å².